The fraction of sp³-hybridized carbons (Fsp3) is 0.400. The lowest BCUT2D eigenvalue weighted by Gasteiger charge is -2.07. The first-order valence-electron chi connectivity index (χ1n) is 6.54. The van der Waals surface area contributed by atoms with Gasteiger partial charge < -0.3 is 5.73 Å². The van der Waals surface area contributed by atoms with Crippen LogP contribution in [-0.2, 0) is 13.5 Å². The maximum atomic E-state index is 6.20. The van der Waals surface area contributed by atoms with Gasteiger partial charge in [-0.2, -0.15) is 5.10 Å². The van der Waals surface area contributed by atoms with Gasteiger partial charge in [0.15, 0.2) is 0 Å². The summed E-state index contributed by atoms with van der Waals surface area (Å²) in [5.41, 5.74) is 11.0. The van der Waals surface area contributed by atoms with E-state index in [9.17, 15) is 0 Å². The van der Waals surface area contributed by atoms with Crippen LogP contribution in [0, 0.1) is 12.8 Å². The predicted molar refractivity (Wildman–Crippen MR) is 74.2 cm³/mol. The molecule has 1 aromatic heterocycles. The molecule has 2 aromatic rings. The Kier molecular flexibility index (Phi) is 2.62. The number of nitrogens with two attached hydrogens (primary N) is 1. The first-order chi connectivity index (χ1) is 8.66. The number of hydrogen-bond donors (Lipinski definition) is 1. The lowest BCUT2D eigenvalue weighted by Crippen LogP contribution is -1.98. The summed E-state index contributed by atoms with van der Waals surface area (Å²) in [5, 5.41) is 4.60. The summed E-state index contributed by atoms with van der Waals surface area (Å²) in [4.78, 5) is 0. The van der Waals surface area contributed by atoms with Crippen LogP contribution < -0.4 is 5.73 Å². The molecule has 0 saturated heterocycles. The summed E-state index contributed by atoms with van der Waals surface area (Å²) < 4.78 is 1.81. The number of hydrogen-bond acceptors (Lipinski definition) is 2. The second kappa shape index (κ2) is 4.16. The van der Waals surface area contributed by atoms with E-state index in [2.05, 4.69) is 36.3 Å². The zero-order valence-corrected chi connectivity index (χ0v) is 11.0. The van der Waals surface area contributed by atoms with Crippen LogP contribution in [0.5, 0.6) is 0 Å². The molecule has 0 unspecified atom stereocenters. The van der Waals surface area contributed by atoms with Crippen LogP contribution in [0.15, 0.2) is 24.3 Å². The van der Waals surface area contributed by atoms with Gasteiger partial charge in [0, 0.05) is 12.6 Å². The minimum atomic E-state index is 0.778. The minimum absolute atomic E-state index is 0.778. The molecule has 0 radical (unpaired) electrons. The molecule has 1 aliphatic rings. The second-order valence-electron chi connectivity index (χ2n) is 5.29. The molecular formula is C15H19N3. The predicted octanol–water partition coefficient (Wildman–Crippen LogP) is 2.93. The molecule has 0 aliphatic heterocycles. The van der Waals surface area contributed by atoms with Crippen molar-refractivity contribution >= 4 is 5.82 Å². The van der Waals surface area contributed by atoms with Crippen LogP contribution >= 0.6 is 0 Å². The molecular weight excluding hydrogens is 222 g/mol. The summed E-state index contributed by atoms with van der Waals surface area (Å²) in [7, 11) is 1.92. The van der Waals surface area contributed by atoms with Crippen molar-refractivity contribution in [1.29, 1.82) is 0 Å². The van der Waals surface area contributed by atoms with Crippen LogP contribution in [0.1, 0.15) is 24.1 Å². The number of nitrogen functional groups attached to an aromatic ring is 1. The van der Waals surface area contributed by atoms with E-state index in [0.717, 1.165) is 29.4 Å². The van der Waals surface area contributed by atoms with E-state index in [1.54, 1.807) is 4.68 Å². The molecule has 0 spiro atoms. The summed E-state index contributed by atoms with van der Waals surface area (Å²) in [5.74, 6) is 1.60. The molecule has 1 fully saturated rings. The standard InChI is InChI=1S/C15H19N3/c1-10-5-3-4-6-12(10)14-13(9-11-7-8-11)17-18(2)15(14)16/h3-6,11H,7-9,16H2,1-2H3. The molecule has 1 aliphatic carbocycles. The number of rotatable bonds is 3. The van der Waals surface area contributed by atoms with Gasteiger partial charge >= 0.3 is 0 Å². The number of nitrogens with zero attached hydrogens (tertiary/aromatic N) is 2. The van der Waals surface area contributed by atoms with Crippen molar-refractivity contribution in [2.24, 2.45) is 13.0 Å². The molecule has 3 heteroatoms. The van der Waals surface area contributed by atoms with Gasteiger partial charge in [-0.05, 0) is 43.2 Å². The highest BCUT2D eigenvalue weighted by atomic mass is 15.3. The monoisotopic (exact) mass is 241 g/mol. The highest BCUT2D eigenvalue weighted by molar-refractivity contribution is 5.78. The fourth-order valence-electron chi connectivity index (χ4n) is 2.48. The molecule has 2 N–H and O–H groups in total. The van der Waals surface area contributed by atoms with Gasteiger partial charge in [0.2, 0.25) is 0 Å². The highest BCUT2D eigenvalue weighted by Gasteiger charge is 2.26. The summed E-state index contributed by atoms with van der Waals surface area (Å²) in [6.45, 7) is 2.13. The van der Waals surface area contributed by atoms with Crippen LogP contribution in [-0.4, -0.2) is 9.78 Å². The maximum Gasteiger partial charge on any atom is 0.129 e. The Morgan fingerprint density at radius 1 is 1.33 bits per heavy atom. The van der Waals surface area contributed by atoms with E-state index in [0.29, 0.717) is 0 Å². The van der Waals surface area contributed by atoms with Gasteiger partial charge in [-0.15, -0.1) is 0 Å². The quantitative estimate of drug-likeness (QED) is 0.898. The van der Waals surface area contributed by atoms with Gasteiger partial charge in [-0.1, -0.05) is 24.3 Å². The van der Waals surface area contributed by atoms with Gasteiger partial charge in [0.05, 0.1) is 5.69 Å². The van der Waals surface area contributed by atoms with E-state index >= 15 is 0 Å². The normalized spacial score (nSPS) is 15.0. The van der Waals surface area contributed by atoms with Crippen molar-refractivity contribution < 1.29 is 0 Å². The van der Waals surface area contributed by atoms with Crippen molar-refractivity contribution in [3.05, 3.63) is 35.5 Å². The van der Waals surface area contributed by atoms with Gasteiger partial charge in [0.25, 0.3) is 0 Å². The molecule has 3 rings (SSSR count). The van der Waals surface area contributed by atoms with Crippen LogP contribution in [0.25, 0.3) is 11.1 Å². The topological polar surface area (TPSA) is 43.8 Å². The molecule has 1 saturated carbocycles. The third kappa shape index (κ3) is 1.90. The third-order valence-corrected chi connectivity index (χ3v) is 3.76. The second-order valence-corrected chi connectivity index (χ2v) is 5.29. The number of benzene rings is 1. The average molecular weight is 241 g/mol. The number of aromatic nitrogens is 2. The SMILES string of the molecule is Cc1ccccc1-c1c(CC2CC2)nn(C)c1N. The Balaban J connectivity index is 2.11. The van der Waals surface area contributed by atoms with Gasteiger partial charge in [-0.25, -0.2) is 0 Å². The Bertz CT molecular complexity index is 579. The highest BCUT2D eigenvalue weighted by Crippen LogP contribution is 2.38. The molecule has 94 valence electrons. The molecule has 1 aromatic carbocycles. The van der Waals surface area contributed by atoms with E-state index < -0.39 is 0 Å². The minimum Gasteiger partial charge on any atom is -0.383 e. The Morgan fingerprint density at radius 3 is 2.72 bits per heavy atom. The Labute approximate surface area is 108 Å². The summed E-state index contributed by atoms with van der Waals surface area (Å²) in [6, 6.07) is 8.39. The molecule has 18 heavy (non-hydrogen) atoms. The zero-order chi connectivity index (χ0) is 12.7. The van der Waals surface area contributed by atoms with Crippen molar-refractivity contribution in [1.82, 2.24) is 9.78 Å². The largest absolute Gasteiger partial charge is 0.383 e. The van der Waals surface area contributed by atoms with E-state index in [-0.39, 0.29) is 0 Å². The van der Waals surface area contributed by atoms with E-state index in [1.807, 2.05) is 7.05 Å². The summed E-state index contributed by atoms with van der Waals surface area (Å²) in [6.07, 6.45) is 3.74. The number of anilines is 1. The molecule has 0 amide bonds. The number of aryl methyl sites for hydroxylation is 2. The fourth-order valence-corrected chi connectivity index (χ4v) is 2.48. The molecule has 0 atom stereocenters. The summed E-state index contributed by atoms with van der Waals surface area (Å²) >= 11 is 0. The van der Waals surface area contributed by atoms with Crippen LogP contribution in [0.3, 0.4) is 0 Å². The molecule has 3 nitrogen and oxygen atoms in total. The van der Waals surface area contributed by atoms with Crippen molar-refractivity contribution in [3.8, 4) is 11.1 Å². The third-order valence-electron chi connectivity index (χ3n) is 3.76. The van der Waals surface area contributed by atoms with E-state index in [1.165, 1.54) is 24.0 Å². The average Bonchev–Trinajstić information content (AvgIpc) is 3.10. The first kappa shape index (κ1) is 11.3. The maximum absolute atomic E-state index is 6.20. The zero-order valence-electron chi connectivity index (χ0n) is 11.0. The Hall–Kier alpha value is -1.77. The van der Waals surface area contributed by atoms with Gasteiger partial charge in [-0.3, -0.25) is 4.68 Å². The smallest absolute Gasteiger partial charge is 0.129 e. The van der Waals surface area contributed by atoms with Crippen molar-refractivity contribution in [3.63, 3.8) is 0 Å². The molecule has 1 heterocycles. The lowest BCUT2D eigenvalue weighted by molar-refractivity contribution is 0.722. The Morgan fingerprint density at radius 2 is 2.06 bits per heavy atom. The van der Waals surface area contributed by atoms with Gasteiger partial charge in [0.1, 0.15) is 5.82 Å². The van der Waals surface area contributed by atoms with Crippen LogP contribution in [0.2, 0.25) is 0 Å². The van der Waals surface area contributed by atoms with E-state index in [4.69, 9.17) is 5.73 Å². The molecule has 0 bridgehead atoms. The lowest BCUT2D eigenvalue weighted by atomic mass is 9.98. The van der Waals surface area contributed by atoms with Crippen molar-refractivity contribution in [2.45, 2.75) is 26.2 Å². The van der Waals surface area contributed by atoms with Crippen molar-refractivity contribution in [2.75, 3.05) is 5.73 Å². The van der Waals surface area contributed by atoms with Crippen LogP contribution in [0.4, 0.5) is 5.82 Å². The first-order valence-corrected chi connectivity index (χ1v) is 6.54.